The molecule has 1 aliphatic heterocycles. The van der Waals surface area contributed by atoms with Crippen LogP contribution in [0.4, 0.5) is 4.39 Å². The van der Waals surface area contributed by atoms with Gasteiger partial charge in [0.2, 0.25) is 0 Å². The van der Waals surface area contributed by atoms with Crippen LogP contribution in [0.25, 0.3) is 0 Å². The minimum Gasteiger partial charge on any atom is -0.481 e. The van der Waals surface area contributed by atoms with Crippen molar-refractivity contribution in [2.24, 2.45) is 0 Å². The first-order valence-electron chi connectivity index (χ1n) is 7.48. The molecular weight excluding hydrogens is 286 g/mol. The second-order valence-corrected chi connectivity index (χ2v) is 7.21. The lowest BCUT2D eigenvalue weighted by atomic mass is 9.77. The van der Waals surface area contributed by atoms with Crippen LogP contribution in [0.15, 0.2) is 18.2 Å². The molecule has 0 bridgehead atoms. The van der Waals surface area contributed by atoms with Crippen molar-refractivity contribution in [1.82, 2.24) is 0 Å². The Hall–Kier alpha value is -1.40. The van der Waals surface area contributed by atoms with Crippen LogP contribution in [0.5, 0.6) is 0 Å². The van der Waals surface area contributed by atoms with E-state index in [4.69, 9.17) is 9.31 Å². The Bertz CT molecular complexity index is 621. The summed E-state index contributed by atoms with van der Waals surface area (Å²) in [5, 5.41) is 9.28. The lowest BCUT2D eigenvalue weighted by Crippen LogP contribution is -2.41. The van der Waals surface area contributed by atoms with Gasteiger partial charge in [-0.3, -0.25) is 4.79 Å². The SMILES string of the molecule is CC1(C)OB(c2ccc(C3(C(=O)O)CC3)c(F)c2)OC1(C)C. The van der Waals surface area contributed by atoms with E-state index in [-0.39, 0.29) is 5.56 Å². The fraction of sp³-hybridized carbons (Fsp3) is 0.562. The molecule has 1 aromatic rings. The fourth-order valence-electron chi connectivity index (χ4n) is 2.77. The van der Waals surface area contributed by atoms with Crippen molar-refractivity contribution >= 4 is 18.6 Å². The molecule has 1 heterocycles. The monoisotopic (exact) mass is 306 g/mol. The summed E-state index contributed by atoms with van der Waals surface area (Å²) in [6, 6.07) is 4.58. The van der Waals surface area contributed by atoms with Crippen LogP contribution in [-0.2, 0) is 19.5 Å². The molecule has 2 fully saturated rings. The van der Waals surface area contributed by atoms with Crippen molar-refractivity contribution in [1.29, 1.82) is 0 Å². The predicted molar refractivity (Wildman–Crippen MR) is 80.7 cm³/mol. The first-order valence-corrected chi connectivity index (χ1v) is 7.48. The highest BCUT2D eigenvalue weighted by Crippen LogP contribution is 2.49. The second-order valence-electron chi connectivity index (χ2n) is 7.21. The van der Waals surface area contributed by atoms with Crippen LogP contribution in [0.2, 0.25) is 0 Å². The maximum absolute atomic E-state index is 14.4. The zero-order chi connectivity index (χ0) is 16.3. The summed E-state index contributed by atoms with van der Waals surface area (Å²) in [5.74, 6) is -1.47. The molecule has 1 N–H and O–H groups in total. The minimum absolute atomic E-state index is 0.250. The third-order valence-electron chi connectivity index (χ3n) is 5.19. The van der Waals surface area contributed by atoms with Crippen molar-refractivity contribution in [3.05, 3.63) is 29.6 Å². The highest BCUT2D eigenvalue weighted by molar-refractivity contribution is 6.62. The number of halogens is 1. The van der Waals surface area contributed by atoms with Crippen LogP contribution >= 0.6 is 0 Å². The van der Waals surface area contributed by atoms with Crippen LogP contribution < -0.4 is 5.46 Å². The Morgan fingerprint density at radius 1 is 1.18 bits per heavy atom. The van der Waals surface area contributed by atoms with E-state index in [0.29, 0.717) is 18.3 Å². The zero-order valence-corrected chi connectivity index (χ0v) is 13.3. The Balaban J connectivity index is 1.90. The molecule has 1 saturated carbocycles. The molecule has 0 radical (unpaired) electrons. The predicted octanol–water partition coefficient (Wildman–Crippen LogP) is 2.24. The topological polar surface area (TPSA) is 55.8 Å². The molecule has 2 aliphatic rings. The summed E-state index contributed by atoms with van der Waals surface area (Å²) in [6.45, 7) is 7.73. The van der Waals surface area contributed by atoms with E-state index in [9.17, 15) is 14.3 Å². The number of benzene rings is 1. The van der Waals surface area contributed by atoms with Gasteiger partial charge in [0.15, 0.2) is 0 Å². The number of carboxylic acid groups (broad SMARTS) is 1. The van der Waals surface area contributed by atoms with E-state index >= 15 is 0 Å². The highest BCUT2D eigenvalue weighted by Gasteiger charge is 2.54. The molecule has 1 aromatic carbocycles. The van der Waals surface area contributed by atoms with Gasteiger partial charge in [0.1, 0.15) is 5.82 Å². The van der Waals surface area contributed by atoms with E-state index in [2.05, 4.69) is 0 Å². The molecule has 0 unspecified atom stereocenters. The molecule has 3 rings (SSSR count). The third-order valence-corrected chi connectivity index (χ3v) is 5.19. The molecule has 0 spiro atoms. The number of hydrogen-bond donors (Lipinski definition) is 1. The lowest BCUT2D eigenvalue weighted by molar-refractivity contribution is -0.140. The molecule has 1 aliphatic carbocycles. The van der Waals surface area contributed by atoms with E-state index in [1.54, 1.807) is 12.1 Å². The molecule has 0 aromatic heterocycles. The van der Waals surface area contributed by atoms with Crippen molar-refractivity contribution in [3.8, 4) is 0 Å². The average Bonchev–Trinajstić information content (AvgIpc) is 3.14. The molecule has 4 nitrogen and oxygen atoms in total. The summed E-state index contributed by atoms with van der Waals surface area (Å²) in [7, 11) is -0.645. The van der Waals surface area contributed by atoms with Gasteiger partial charge in [0.25, 0.3) is 0 Å². The van der Waals surface area contributed by atoms with Crippen molar-refractivity contribution in [2.45, 2.75) is 57.2 Å². The fourth-order valence-corrected chi connectivity index (χ4v) is 2.77. The van der Waals surface area contributed by atoms with E-state index in [1.165, 1.54) is 6.07 Å². The van der Waals surface area contributed by atoms with Gasteiger partial charge in [-0.1, -0.05) is 12.1 Å². The molecule has 6 heteroatoms. The Morgan fingerprint density at radius 3 is 2.14 bits per heavy atom. The van der Waals surface area contributed by atoms with E-state index < -0.39 is 35.5 Å². The maximum atomic E-state index is 14.4. The molecular formula is C16H20BFO4. The number of rotatable bonds is 3. The Kier molecular flexibility index (Phi) is 3.21. The molecule has 22 heavy (non-hydrogen) atoms. The number of carbonyl (C=O) groups is 1. The second kappa shape index (κ2) is 4.55. The van der Waals surface area contributed by atoms with Crippen LogP contribution in [0, 0.1) is 5.82 Å². The zero-order valence-electron chi connectivity index (χ0n) is 13.3. The van der Waals surface area contributed by atoms with E-state index in [1.807, 2.05) is 27.7 Å². The summed E-state index contributed by atoms with van der Waals surface area (Å²) in [5.41, 5.74) is -1.21. The normalized spacial score (nSPS) is 24.3. The first-order chi connectivity index (χ1) is 10.1. The Morgan fingerprint density at radius 2 is 1.73 bits per heavy atom. The van der Waals surface area contributed by atoms with E-state index in [0.717, 1.165) is 0 Å². The van der Waals surface area contributed by atoms with Gasteiger partial charge in [-0.25, -0.2) is 4.39 Å². The van der Waals surface area contributed by atoms with Crippen molar-refractivity contribution in [2.75, 3.05) is 0 Å². The van der Waals surface area contributed by atoms with Gasteiger partial charge in [-0.15, -0.1) is 0 Å². The highest BCUT2D eigenvalue weighted by atomic mass is 19.1. The number of aliphatic carboxylic acids is 1. The van der Waals surface area contributed by atoms with Crippen LogP contribution in [-0.4, -0.2) is 29.4 Å². The summed E-state index contributed by atoms with van der Waals surface area (Å²) >= 11 is 0. The first kappa shape index (κ1) is 15.5. The standard InChI is InChI=1S/C16H20BFO4/c1-14(2)15(3,4)22-17(21-14)10-5-6-11(12(18)9-10)16(7-8-16)13(19)20/h5-6,9H,7-8H2,1-4H3,(H,19,20). The molecule has 118 valence electrons. The smallest absolute Gasteiger partial charge is 0.481 e. The Labute approximate surface area is 129 Å². The van der Waals surface area contributed by atoms with Crippen molar-refractivity contribution < 1.29 is 23.6 Å². The molecule has 0 atom stereocenters. The lowest BCUT2D eigenvalue weighted by Gasteiger charge is -2.32. The average molecular weight is 306 g/mol. The molecule has 0 amide bonds. The van der Waals surface area contributed by atoms with Gasteiger partial charge >= 0.3 is 13.1 Å². The van der Waals surface area contributed by atoms with Crippen molar-refractivity contribution in [3.63, 3.8) is 0 Å². The van der Waals surface area contributed by atoms with Gasteiger partial charge in [0, 0.05) is 5.56 Å². The van der Waals surface area contributed by atoms with Gasteiger partial charge in [-0.2, -0.15) is 0 Å². The number of hydrogen-bond acceptors (Lipinski definition) is 3. The third kappa shape index (κ3) is 2.17. The molecule has 1 saturated heterocycles. The quantitative estimate of drug-likeness (QED) is 0.870. The van der Waals surface area contributed by atoms with Crippen LogP contribution in [0.1, 0.15) is 46.1 Å². The minimum atomic E-state index is -1.04. The summed E-state index contributed by atoms with van der Waals surface area (Å²) in [6.07, 6.45) is 0.962. The van der Waals surface area contributed by atoms with Gasteiger partial charge in [0.05, 0.1) is 16.6 Å². The number of carboxylic acids is 1. The van der Waals surface area contributed by atoms with Gasteiger partial charge in [-0.05, 0) is 52.1 Å². The summed E-state index contributed by atoms with van der Waals surface area (Å²) in [4.78, 5) is 11.3. The maximum Gasteiger partial charge on any atom is 0.494 e. The largest absolute Gasteiger partial charge is 0.494 e. The summed E-state index contributed by atoms with van der Waals surface area (Å²) < 4.78 is 26.2. The van der Waals surface area contributed by atoms with Crippen LogP contribution in [0.3, 0.4) is 0 Å². The van der Waals surface area contributed by atoms with Gasteiger partial charge < -0.3 is 14.4 Å².